The number of methoxy groups -OCH3 is 1. The molecule has 1 aromatic rings. The van der Waals surface area contributed by atoms with E-state index in [9.17, 15) is 9.18 Å². The fourth-order valence-electron chi connectivity index (χ4n) is 2.17. The van der Waals surface area contributed by atoms with Crippen LogP contribution < -0.4 is 5.32 Å². The predicted octanol–water partition coefficient (Wildman–Crippen LogP) is 2.19. The number of carbonyl (C=O) groups excluding carboxylic acids is 1. The maximum absolute atomic E-state index is 13.0. The standard InChI is InChI=1S/C17H27FN2O2/c1-17(2,14-6-8-15(18)9-7-14)16(21)19-10-12-20(3)11-5-13-22-4/h6-9H,5,10-13H2,1-4H3,(H,19,21). The van der Waals surface area contributed by atoms with Crippen molar-refractivity contribution in [3.8, 4) is 0 Å². The van der Waals surface area contributed by atoms with Crippen molar-refractivity contribution in [2.24, 2.45) is 0 Å². The molecule has 1 amide bonds. The Kier molecular flexibility index (Phi) is 7.48. The smallest absolute Gasteiger partial charge is 0.230 e. The molecular formula is C17H27FN2O2. The van der Waals surface area contributed by atoms with E-state index < -0.39 is 5.41 Å². The normalized spacial score (nSPS) is 11.7. The number of rotatable bonds is 9. The van der Waals surface area contributed by atoms with Gasteiger partial charge in [0, 0.05) is 33.4 Å². The number of benzene rings is 1. The summed E-state index contributed by atoms with van der Waals surface area (Å²) in [7, 11) is 3.71. The maximum Gasteiger partial charge on any atom is 0.230 e. The second kappa shape index (κ2) is 8.86. The molecular weight excluding hydrogens is 283 g/mol. The zero-order chi connectivity index (χ0) is 16.6. The number of halogens is 1. The Morgan fingerprint density at radius 2 is 1.91 bits per heavy atom. The Morgan fingerprint density at radius 1 is 1.27 bits per heavy atom. The van der Waals surface area contributed by atoms with Crippen LogP contribution in [0, 0.1) is 5.82 Å². The summed E-state index contributed by atoms with van der Waals surface area (Å²) in [5.74, 6) is -0.345. The first-order chi connectivity index (χ1) is 10.4. The Labute approximate surface area is 132 Å². The lowest BCUT2D eigenvalue weighted by molar-refractivity contribution is -0.125. The summed E-state index contributed by atoms with van der Waals surface area (Å²) in [6.07, 6.45) is 0.974. The fourth-order valence-corrected chi connectivity index (χ4v) is 2.17. The summed E-state index contributed by atoms with van der Waals surface area (Å²) < 4.78 is 18.0. The first-order valence-corrected chi connectivity index (χ1v) is 7.59. The van der Waals surface area contributed by atoms with E-state index in [1.807, 2.05) is 20.9 Å². The molecule has 0 bridgehead atoms. The van der Waals surface area contributed by atoms with Gasteiger partial charge in [-0.15, -0.1) is 0 Å². The highest BCUT2D eigenvalue weighted by Gasteiger charge is 2.29. The minimum absolute atomic E-state index is 0.0515. The summed E-state index contributed by atoms with van der Waals surface area (Å²) in [4.78, 5) is 14.5. The quantitative estimate of drug-likeness (QED) is 0.711. The van der Waals surface area contributed by atoms with E-state index in [4.69, 9.17) is 4.74 Å². The lowest BCUT2D eigenvalue weighted by atomic mass is 9.84. The maximum atomic E-state index is 13.0. The summed E-state index contributed by atoms with van der Waals surface area (Å²) in [6, 6.07) is 6.08. The first-order valence-electron chi connectivity index (χ1n) is 7.59. The lowest BCUT2D eigenvalue weighted by Crippen LogP contribution is -2.43. The zero-order valence-corrected chi connectivity index (χ0v) is 14.0. The van der Waals surface area contributed by atoms with E-state index in [1.54, 1.807) is 19.2 Å². The molecule has 1 N–H and O–H groups in total. The molecule has 0 aliphatic heterocycles. The highest BCUT2D eigenvalue weighted by atomic mass is 19.1. The van der Waals surface area contributed by atoms with Gasteiger partial charge >= 0.3 is 0 Å². The van der Waals surface area contributed by atoms with E-state index in [-0.39, 0.29) is 11.7 Å². The summed E-state index contributed by atoms with van der Waals surface area (Å²) in [5.41, 5.74) is 0.127. The molecule has 0 aliphatic rings. The van der Waals surface area contributed by atoms with E-state index in [0.717, 1.165) is 31.7 Å². The van der Waals surface area contributed by atoms with Crippen LogP contribution in [0.15, 0.2) is 24.3 Å². The number of ether oxygens (including phenoxy) is 1. The molecule has 0 unspecified atom stereocenters. The summed E-state index contributed by atoms with van der Waals surface area (Å²) >= 11 is 0. The highest BCUT2D eigenvalue weighted by Crippen LogP contribution is 2.23. The number of nitrogens with zero attached hydrogens (tertiary/aromatic N) is 1. The van der Waals surface area contributed by atoms with E-state index in [2.05, 4.69) is 10.2 Å². The third-order valence-electron chi connectivity index (χ3n) is 3.80. The van der Waals surface area contributed by atoms with Gasteiger partial charge in [-0.25, -0.2) is 4.39 Å². The van der Waals surface area contributed by atoms with E-state index in [1.165, 1.54) is 12.1 Å². The number of hydrogen-bond acceptors (Lipinski definition) is 3. The van der Waals surface area contributed by atoms with Gasteiger partial charge in [0.05, 0.1) is 5.41 Å². The molecule has 1 rings (SSSR count). The van der Waals surface area contributed by atoms with Gasteiger partial charge in [-0.05, 0) is 45.0 Å². The molecule has 0 saturated heterocycles. The lowest BCUT2D eigenvalue weighted by Gasteiger charge is -2.25. The second-order valence-electron chi connectivity index (χ2n) is 6.04. The monoisotopic (exact) mass is 310 g/mol. The van der Waals surface area contributed by atoms with Crippen molar-refractivity contribution >= 4 is 5.91 Å². The van der Waals surface area contributed by atoms with Crippen molar-refractivity contribution in [3.63, 3.8) is 0 Å². The molecule has 0 atom stereocenters. The first kappa shape index (κ1) is 18.6. The van der Waals surface area contributed by atoms with Gasteiger partial charge in [-0.2, -0.15) is 0 Å². The molecule has 22 heavy (non-hydrogen) atoms. The summed E-state index contributed by atoms with van der Waals surface area (Å²) in [5, 5.41) is 2.95. The van der Waals surface area contributed by atoms with Crippen LogP contribution in [0.1, 0.15) is 25.8 Å². The molecule has 124 valence electrons. The fraction of sp³-hybridized carbons (Fsp3) is 0.588. The Hall–Kier alpha value is -1.46. The van der Waals surface area contributed by atoms with Gasteiger partial charge in [0.2, 0.25) is 5.91 Å². The molecule has 0 spiro atoms. The SMILES string of the molecule is COCCCN(C)CCNC(=O)C(C)(C)c1ccc(F)cc1. The van der Waals surface area contributed by atoms with Gasteiger partial charge in [-0.1, -0.05) is 12.1 Å². The number of hydrogen-bond donors (Lipinski definition) is 1. The van der Waals surface area contributed by atoms with Gasteiger partial charge in [-0.3, -0.25) is 4.79 Å². The molecule has 5 heteroatoms. The van der Waals surface area contributed by atoms with Gasteiger partial charge < -0.3 is 15.0 Å². The minimum atomic E-state index is -0.678. The van der Waals surface area contributed by atoms with E-state index in [0.29, 0.717) is 6.54 Å². The Bertz CT molecular complexity index is 460. The number of likely N-dealkylation sites (N-methyl/N-ethyl adjacent to an activating group) is 1. The van der Waals surface area contributed by atoms with Gasteiger partial charge in [0.1, 0.15) is 5.82 Å². The van der Waals surface area contributed by atoms with Crippen LogP contribution in [0.2, 0.25) is 0 Å². The van der Waals surface area contributed by atoms with Crippen molar-refractivity contribution in [1.29, 1.82) is 0 Å². The average molecular weight is 310 g/mol. The molecule has 0 aliphatic carbocycles. The van der Waals surface area contributed by atoms with Crippen molar-refractivity contribution < 1.29 is 13.9 Å². The minimum Gasteiger partial charge on any atom is -0.385 e. The van der Waals surface area contributed by atoms with Crippen LogP contribution in [0.25, 0.3) is 0 Å². The van der Waals surface area contributed by atoms with Crippen LogP contribution in [-0.4, -0.2) is 51.2 Å². The van der Waals surface area contributed by atoms with Gasteiger partial charge in [0.25, 0.3) is 0 Å². The molecule has 0 radical (unpaired) electrons. The van der Waals surface area contributed by atoms with Crippen LogP contribution in [0.3, 0.4) is 0 Å². The number of carbonyl (C=O) groups is 1. The van der Waals surface area contributed by atoms with Crippen LogP contribution >= 0.6 is 0 Å². The Morgan fingerprint density at radius 3 is 2.50 bits per heavy atom. The molecule has 0 aromatic heterocycles. The zero-order valence-electron chi connectivity index (χ0n) is 14.0. The topological polar surface area (TPSA) is 41.6 Å². The number of amides is 1. The largest absolute Gasteiger partial charge is 0.385 e. The molecule has 0 fully saturated rings. The van der Waals surface area contributed by atoms with Crippen molar-refractivity contribution in [3.05, 3.63) is 35.6 Å². The molecule has 4 nitrogen and oxygen atoms in total. The molecule has 1 aromatic carbocycles. The molecule has 0 heterocycles. The van der Waals surface area contributed by atoms with Crippen LogP contribution in [0.5, 0.6) is 0 Å². The predicted molar refractivity (Wildman–Crippen MR) is 86.4 cm³/mol. The van der Waals surface area contributed by atoms with Crippen LogP contribution in [-0.2, 0) is 14.9 Å². The third-order valence-corrected chi connectivity index (χ3v) is 3.80. The van der Waals surface area contributed by atoms with Crippen molar-refractivity contribution in [2.45, 2.75) is 25.7 Å². The second-order valence-corrected chi connectivity index (χ2v) is 6.04. The number of nitrogens with one attached hydrogen (secondary N) is 1. The van der Waals surface area contributed by atoms with Crippen LogP contribution in [0.4, 0.5) is 4.39 Å². The summed E-state index contributed by atoms with van der Waals surface area (Å²) in [6.45, 7) is 6.75. The average Bonchev–Trinajstić information content (AvgIpc) is 2.47. The third kappa shape index (κ3) is 5.73. The van der Waals surface area contributed by atoms with Crippen molar-refractivity contribution in [2.75, 3.05) is 40.4 Å². The van der Waals surface area contributed by atoms with Gasteiger partial charge in [0.15, 0.2) is 0 Å². The Balaban J connectivity index is 2.42. The van der Waals surface area contributed by atoms with E-state index >= 15 is 0 Å². The van der Waals surface area contributed by atoms with Crippen molar-refractivity contribution in [1.82, 2.24) is 10.2 Å². The molecule has 0 saturated carbocycles. The highest BCUT2D eigenvalue weighted by molar-refractivity contribution is 5.87.